The van der Waals surface area contributed by atoms with Gasteiger partial charge >= 0.3 is 0 Å². The molecule has 2 N–H and O–H groups in total. The first-order valence-electron chi connectivity index (χ1n) is 8.95. The number of amides is 1. The minimum absolute atomic E-state index is 0.0410. The number of aromatic amines is 1. The zero-order valence-electron chi connectivity index (χ0n) is 15.8. The lowest BCUT2D eigenvalue weighted by Gasteiger charge is -2.28. The third kappa shape index (κ3) is 4.20. The Kier molecular flexibility index (Phi) is 5.74. The van der Waals surface area contributed by atoms with Crippen LogP contribution in [0.1, 0.15) is 27.2 Å². The molecule has 1 fully saturated rings. The van der Waals surface area contributed by atoms with Crippen LogP contribution in [0.3, 0.4) is 0 Å². The van der Waals surface area contributed by atoms with Crippen LogP contribution in [0.25, 0.3) is 0 Å². The van der Waals surface area contributed by atoms with Crippen LogP contribution in [0.4, 0.5) is 11.4 Å². The van der Waals surface area contributed by atoms with Gasteiger partial charge in [0.1, 0.15) is 5.69 Å². The minimum Gasteiger partial charge on any atom is -0.378 e. The molecule has 28 heavy (non-hydrogen) atoms. The summed E-state index contributed by atoms with van der Waals surface area (Å²) in [7, 11) is 0. The number of hydrogen-bond acceptors (Lipinski definition) is 6. The number of nitro groups is 1. The molecular weight excluding hydrogens is 364 g/mol. The summed E-state index contributed by atoms with van der Waals surface area (Å²) in [4.78, 5) is 40.1. The molecular formula is C19H22N4O5. The summed E-state index contributed by atoms with van der Waals surface area (Å²) in [6.07, 6.45) is 0. The van der Waals surface area contributed by atoms with Crippen molar-refractivity contribution in [3.63, 3.8) is 0 Å². The average molecular weight is 386 g/mol. The van der Waals surface area contributed by atoms with E-state index in [2.05, 4.69) is 10.3 Å². The molecule has 1 amide bonds. The van der Waals surface area contributed by atoms with Gasteiger partial charge in [-0.1, -0.05) is 0 Å². The van der Waals surface area contributed by atoms with Crippen LogP contribution < -0.4 is 15.8 Å². The van der Waals surface area contributed by atoms with Crippen molar-refractivity contribution >= 4 is 17.3 Å². The van der Waals surface area contributed by atoms with Crippen molar-refractivity contribution in [2.24, 2.45) is 0 Å². The summed E-state index contributed by atoms with van der Waals surface area (Å²) in [5.74, 6) is -0.476. The Hall–Kier alpha value is -3.20. The van der Waals surface area contributed by atoms with Gasteiger partial charge in [-0.2, -0.15) is 0 Å². The molecule has 1 aliphatic rings. The Labute approximate surface area is 161 Å². The van der Waals surface area contributed by atoms with Crippen molar-refractivity contribution in [2.75, 3.05) is 31.2 Å². The Bertz CT molecular complexity index is 963. The van der Waals surface area contributed by atoms with Gasteiger partial charge in [0.15, 0.2) is 0 Å². The Balaban J connectivity index is 1.79. The van der Waals surface area contributed by atoms with E-state index in [1.165, 1.54) is 6.07 Å². The highest BCUT2D eigenvalue weighted by molar-refractivity contribution is 5.95. The maximum Gasteiger partial charge on any atom is 0.293 e. The Morgan fingerprint density at radius 2 is 2.00 bits per heavy atom. The third-order valence-electron chi connectivity index (χ3n) is 4.71. The number of nitrogens with one attached hydrogen (secondary N) is 2. The molecule has 1 aromatic carbocycles. The molecule has 0 radical (unpaired) electrons. The number of nitro benzene ring substituents is 1. The summed E-state index contributed by atoms with van der Waals surface area (Å²) < 4.78 is 5.28. The molecule has 1 saturated heterocycles. The molecule has 0 bridgehead atoms. The molecule has 1 aliphatic heterocycles. The van der Waals surface area contributed by atoms with Crippen molar-refractivity contribution in [3.05, 3.63) is 67.1 Å². The number of aromatic nitrogens is 1. The van der Waals surface area contributed by atoms with Gasteiger partial charge < -0.3 is 19.9 Å². The molecule has 0 saturated carbocycles. The second kappa shape index (κ2) is 8.22. The highest BCUT2D eigenvalue weighted by atomic mass is 16.6. The number of ether oxygens (including phenoxy) is 1. The Morgan fingerprint density at radius 3 is 2.64 bits per heavy atom. The first-order valence-corrected chi connectivity index (χ1v) is 8.95. The lowest BCUT2D eigenvalue weighted by molar-refractivity contribution is -0.384. The highest BCUT2D eigenvalue weighted by Crippen LogP contribution is 2.29. The topological polar surface area (TPSA) is 118 Å². The van der Waals surface area contributed by atoms with Gasteiger partial charge in [0.25, 0.3) is 17.2 Å². The number of carbonyl (C=O) groups is 1. The molecule has 2 aromatic rings. The summed E-state index contributed by atoms with van der Waals surface area (Å²) in [6, 6.07) is 6.23. The predicted octanol–water partition coefficient (Wildman–Crippen LogP) is 1.67. The fourth-order valence-electron chi connectivity index (χ4n) is 3.25. The maximum absolute atomic E-state index is 12.5. The van der Waals surface area contributed by atoms with E-state index in [0.717, 1.165) is 11.3 Å². The molecule has 9 heteroatoms. The number of morpholine rings is 1. The van der Waals surface area contributed by atoms with Crippen LogP contribution in [0.15, 0.2) is 29.1 Å². The number of hydrogen-bond donors (Lipinski definition) is 2. The lowest BCUT2D eigenvalue weighted by atomic mass is 10.1. The van der Waals surface area contributed by atoms with Crippen LogP contribution in [-0.4, -0.2) is 42.1 Å². The van der Waals surface area contributed by atoms with E-state index in [1.54, 1.807) is 26.0 Å². The number of nitrogens with zero attached hydrogens (tertiary/aromatic N) is 2. The zero-order valence-corrected chi connectivity index (χ0v) is 15.8. The summed E-state index contributed by atoms with van der Waals surface area (Å²) in [5.41, 5.74) is 2.23. The number of pyridine rings is 1. The van der Waals surface area contributed by atoms with E-state index in [9.17, 15) is 19.7 Å². The van der Waals surface area contributed by atoms with Crippen LogP contribution in [0.5, 0.6) is 0 Å². The van der Waals surface area contributed by atoms with Crippen molar-refractivity contribution < 1.29 is 14.5 Å². The number of rotatable bonds is 5. The summed E-state index contributed by atoms with van der Waals surface area (Å²) >= 11 is 0. The normalized spacial score (nSPS) is 14.0. The maximum atomic E-state index is 12.5. The average Bonchev–Trinajstić information content (AvgIpc) is 2.67. The van der Waals surface area contributed by atoms with Crippen molar-refractivity contribution in [2.45, 2.75) is 20.4 Å². The number of benzene rings is 1. The van der Waals surface area contributed by atoms with Crippen molar-refractivity contribution in [1.82, 2.24) is 10.3 Å². The fraction of sp³-hybridized carbons (Fsp3) is 0.368. The molecule has 3 rings (SSSR count). The van der Waals surface area contributed by atoms with E-state index >= 15 is 0 Å². The smallest absolute Gasteiger partial charge is 0.293 e. The molecule has 1 aromatic heterocycles. The van der Waals surface area contributed by atoms with E-state index < -0.39 is 10.8 Å². The quantitative estimate of drug-likeness (QED) is 0.596. The van der Waals surface area contributed by atoms with Gasteiger partial charge in [0.2, 0.25) is 0 Å². The molecule has 2 heterocycles. The van der Waals surface area contributed by atoms with Gasteiger partial charge in [-0.3, -0.25) is 19.7 Å². The van der Waals surface area contributed by atoms with Gasteiger partial charge in [-0.25, -0.2) is 0 Å². The van der Waals surface area contributed by atoms with E-state index in [0.29, 0.717) is 37.6 Å². The van der Waals surface area contributed by atoms with Crippen molar-refractivity contribution in [1.29, 1.82) is 0 Å². The summed E-state index contributed by atoms with van der Waals surface area (Å²) in [6.45, 7) is 5.74. The second-order valence-corrected chi connectivity index (χ2v) is 6.69. The van der Waals surface area contributed by atoms with Crippen LogP contribution in [-0.2, 0) is 11.3 Å². The molecule has 148 valence electrons. The molecule has 0 atom stereocenters. The molecule has 0 unspecified atom stereocenters. The summed E-state index contributed by atoms with van der Waals surface area (Å²) in [5, 5.41) is 14.2. The second-order valence-electron chi connectivity index (χ2n) is 6.69. The number of aryl methyl sites for hydroxylation is 2. The number of anilines is 1. The number of H-pyrrole nitrogens is 1. The van der Waals surface area contributed by atoms with Gasteiger partial charge in [0, 0.05) is 42.5 Å². The molecule has 9 nitrogen and oxygen atoms in total. The van der Waals surface area contributed by atoms with Crippen molar-refractivity contribution in [3.8, 4) is 0 Å². The first-order chi connectivity index (χ1) is 13.4. The predicted molar refractivity (Wildman–Crippen MR) is 104 cm³/mol. The minimum atomic E-state index is -0.490. The van der Waals surface area contributed by atoms with E-state index in [1.807, 2.05) is 11.0 Å². The third-order valence-corrected chi connectivity index (χ3v) is 4.71. The van der Waals surface area contributed by atoms with E-state index in [-0.39, 0.29) is 23.4 Å². The zero-order chi connectivity index (χ0) is 20.3. The van der Waals surface area contributed by atoms with Crippen LogP contribution in [0.2, 0.25) is 0 Å². The highest BCUT2D eigenvalue weighted by Gasteiger charge is 2.23. The van der Waals surface area contributed by atoms with Gasteiger partial charge in [-0.15, -0.1) is 0 Å². The van der Waals surface area contributed by atoms with Crippen LogP contribution in [0, 0.1) is 24.0 Å². The molecule has 0 aliphatic carbocycles. The lowest BCUT2D eigenvalue weighted by Crippen LogP contribution is -2.36. The van der Waals surface area contributed by atoms with E-state index in [4.69, 9.17) is 4.74 Å². The van der Waals surface area contributed by atoms with Crippen LogP contribution >= 0.6 is 0 Å². The Morgan fingerprint density at radius 1 is 1.29 bits per heavy atom. The fourth-order valence-corrected chi connectivity index (χ4v) is 3.25. The standard InChI is InChI=1S/C19H22N4O5/c1-12-9-13(2)21-19(25)15(12)11-20-18(24)14-3-4-16(17(10-14)23(26)27)22-5-7-28-8-6-22/h3-4,9-10H,5-8,11H2,1-2H3,(H,20,24)(H,21,25). The van der Waals surface area contributed by atoms with Gasteiger partial charge in [-0.05, 0) is 37.6 Å². The molecule has 0 spiro atoms. The SMILES string of the molecule is Cc1cc(C)c(CNC(=O)c2ccc(N3CCOCC3)c([N+](=O)[O-])c2)c(=O)[nH]1. The monoisotopic (exact) mass is 386 g/mol. The number of carbonyl (C=O) groups excluding carboxylic acids is 1. The van der Waals surface area contributed by atoms with Gasteiger partial charge in [0.05, 0.1) is 18.1 Å². The first kappa shape index (κ1) is 19.6. The largest absolute Gasteiger partial charge is 0.378 e.